The molecule has 2 aliphatic rings. The Kier molecular flexibility index (Phi) is 6.01. The normalized spacial score (nSPS) is 16.9. The molecular formula is C22H25N3O6. The molecule has 2 aromatic carbocycles. The molecule has 31 heavy (non-hydrogen) atoms. The summed E-state index contributed by atoms with van der Waals surface area (Å²) in [6, 6.07) is 10.6. The Morgan fingerprint density at radius 1 is 1.06 bits per heavy atom. The minimum Gasteiger partial charge on any atom is -0.493 e. The molecule has 1 unspecified atom stereocenters. The number of nitrogens with zero attached hydrogens (tertiary/aromatic N) is 1. The molecule has 1 fully saturated rings. The van der Waals surface area contributed by atoms with Crippen molar-refractivity contribution in [2.24, 2.45) is 5.92 Å². The van der Waals surface area contributed by atoms with Gasteiger partial charge in [0.05, 0.1) is 14.2 Å². The molecule has 0 aromatic heterocycles. The zero-order chi connectivity index (χ0) is 21.8. The molecule has 1 saturated heterocycles. The van der Waals surface area contributed by atoms with Crippen LogP contribution in [0.15, 0.2) is 36.4 Å². The number of fused-ring (bicyclic) bond motifs is 1. The summed E-state index contributed by atoms with van der Waals surface area (Å²) in [7, 11) is 3.14. The number of benzene rings is 2. The lowest BCUT2D eigenvalue weighted by Gasteiger charge is -2.17. The van der Waals surface area contributed by atoms with Crippen LogP contribution in [0.5, 0.6) is 23.0 Å². The number of hydrogen-bond donors (Lipinski definition) is 2. The zero-order valence-corrected chi connectivity index (χ0v) is 17.5. The molecule has 2 heterocycles. The number of ether oxygens (including phenoxy) is 4. The minimum atomic E-state index is -0.288. The Morgan fingerprint density at radius 3 is 2.68 bits per heavy atom. The number of hydrogen-bond acceptors (Lipinski definition) is 6. The molecule has 4 rings (SSSR count). The summed E-state index contributed by atoms with van der Waals surface area (Å²) in [5, 5.41) is 5.67. The van der Waals surface area contributed by atoms with Crippen LogP contribution < -0.4 is 34.5 Å². The Balaban J connectivity index is 1.26. The average Bonchev–Trinajstić information content (AvgIpc) is 3.41. The SMILES string of the molecule is COc1ccc(CNC(=O)NCC2CC(=O)N(c3ccc4c(c3)OCO4)C2)cc1OC. The third-order valence-corrected chi connectivity index (χ3v) is 5.33. The highest BCUT2D eigenvalue weighted by Gasteiger charge is 2.31. The van der Waals surface area contributed by atoms with Gasteiger partial charge in [-0.15, -0.1) is 0 Å². The molecule has 164 valence electrons. The van der Waals surface area contributed by atoms with Crippen LogP contribution in [0.1, 0.15) is 12.0 Å². The number of urea groups is 1. The van der Waals surface area contributed by atoms with E-state index in [2.05, 4.69) is 10.6 Å². The van der Waals surface area contributed by atoms with Gasteiger partial charge in [0.1, 0.15) is 0 Å². The quantitative estimate of drug-likeness (QED) is 0.704. The first kappa shape index (κ1) is 20.6. The summed E-state index contributed by atoms with van der Waals surface area (Å²) in [5.41, 5.74) is 1.66. The number of nitrogens with one attached hydrogen (secondary N) is 2. The van der Waals surface area contributed by atoms with E-state index >= 15 is 0 Å². The van der Waals surface area contributed by atoms with Crippen molar-refractivity contribution < 1.29 is 28.5 Å². The second-order valence-electron chi connectivity index (χ2n) is 7.36. The van der Waals surface area contributed by atoms with E-state index in [9.17, 15) is 9.59 Å². The molecule has 0 saturated carbocycles. The number of carbonyl (C=O) groups is 2. The Bertz CT molecular complexity index is 980. The topological polar surface area (TPSA) is 98.4 Å². The molecule has 0 bridgehead atoms. The lowest BCUT2D eigenvalue weighted by atomic mass is 10.1. The van der Waals surface area contributed by atoms with Crippen molar-refractivity contribution in [1.29, 1.82) is 0 Å². The van der Waals surface area contributed by atoms with Gasteiger partial charge in [-0.2, -0.15) is 0 Å². The van der Waals surface area contributed by atoms with Gasteiger partial charge in [-0.25, -0.2) is 4.79 Å². The van der Waals surface area contributed by atoms with E-state index in [0.29, 0.717) is 49.1 Å². The third-order valence-electron chi connectivity index (χ3n) is 5.33. The molecule has 0 aliphatic carbocycles. The molecule has 3 amide bonds. The molecule has 2 aromatic rings. The van der Waals surface area contributed by atoms with E-state index < -0.39 is 0 Å². The van der Waals surface area contributed by atoms with Crippen LogP contribution in [-0.4, -0.2) is 46.0 Å². The Morgan fingerprint density at radius 2 is 1.87 bits per heavy atom. The van der Waals surface area contributed by atoms with E-state index in [1.807, 2.05) is 24.3 Å². The van der Waals surface area contributed by atoms with Crippen LogP contribution in [0.25, 0.3) is 0 Å². The summed E-state index contributed by atoms with van der Waals surface area (Å²) in [4.78, 5) is 26.4. The highest BCUT2D eigenvalue weighted by Crippen LogP contribution is 2.37. The van der Waals surface area contributed by atoms with Crippen molar-refractivity contribution in [1.82, 2.24) is 10.6 Å². The second-order valence-corrected chi connectivity index (χ2v) is 7.36. The molecule has 9 heteroatoms. The van der Waals surface area contributed by atoms with E-state index in [0.717, 1.165) is 11.3 Å². The first-order valence-corrected chi connectivity index (χ1v) is 10.00. The van der Waals surface area contributed by atoms with E-state index in [1.165, 1.54) is 0 Å². The first-order chi connectivity index (χ1) is 15.1. The van der Waals surface area contributed by atoms with Crippen molar-refractivity contribution >= 4 is 17.6 Å². The first-order valence-electron chi connectivity index (χ1n) is 10.00. The summed E-state index contributed by atoms with van der Waals surface area (Å²) in [5.74, 6) is 2.62. The fourth-order valence-corrected chi connectivity index (χ4v) is 3.69. The summed E-state index contributed by atoms with van der Waals surface area (Å²) in [6.07, 6.45) is 0.379. The molecule has 2 N–H and O–H groups in total. The van der Waals surface area contributed by atoms with Crippen LogP contribution in [-0.2, 0) is 11.3 Å². The minimum absolute atomic E-state index is 0.0244. The summed E-state index contributed by atoms with van der Waals surface area (Å²) in [6.45, 7) is 1.48. The van der Waals surface area contributed by atoms with Crippen LogP contribution in [0.3, 0.4) is 0 Å². The maximum atomic E-state index is 12.5. The van der Waals surface area contributed by atoms with Gasteiger partial charge >= 0.3 is 6.03 Å². The zero-order valence-electron chi connectivity index (χ0n) is 17.5. The van der Waals surface area contributed by atoms with Crippen molar-refractivity contribution in [2.75, 3.05) is 39.0 Å². The van der Waals surface area contributed by atoms with Crippen molar-refractivity contribution in [3.63, 3.8) is 0 Å². The van der Waals surface area contributed by atoms with Crippen LogP contribution >= 0.6 is 0 Å². The predicted octanol–water partition coefficient (Wildman–Crippen LogP) is 2.28. The maximum absolute atomic E-state index is 12.5. The van der Waals surface area contributed by atoms with Crippen LogP contribution in [0.4, 0.5) is 10.5 Å². The van der Waals surface area contributed by atoms with Gasteiger partial charge in [-0.3, -0.25) is 4.79 Å². The number of methoxy groups -OCH3 is 2. The lowest BCUT2D eigenvalue weighted by molar-refractivity contribution is -0.117. The van der Waals surface area contributed by atoms with E-state index in [-0.39, 0.29) is 24.6 Å². The lowest BCUT2D eigenvalue weighted by Crippen LogP contribution is -2.38. The fraction of sp³-hybridized carbons (Fsp3) is 0.364. The molecule has 2 aliphatic heterocycles. The summed E-state index contributed by atoms with van der Waals surface area (Å²) < 4.78 is 21.2. The maximum Gasteiger partial charge on any atom is 0.315 e. The standard InChI is InChI=1S/C22H25N3O6/c1-28-17-5-3-14(7-19(17)29-2)10-23-22(27)24-11-15-8-21(26)25(12-15)16-4-6-18-20(9-16)31-13-30-18/h3-7,9,15H,8,10-13H2,1-2H3,(H2,23,24,27). The molecule has 0 spiro atoms. The van der Waals surface area contributed by atoms with Crippen molar-refractivity contribution in [3.05, 3.63) is 42.0 Å². The third kappa shape index (κ3) is 4.60. The second kappa shape index (κ2) is 9.03. The van der Waals surface area contributed by atoms with Gasteiger partial charge in [-0.1, -0.05) is 6.07 Å². The van der Waals surface area contributed by atoms with Gasteiger partial charge < -0.3 is 34.5 Å². The Hall–Kier alpha value is -3.62. The highest BCUT2D eigenvalue weighted by molar-refractivity contribution is 5.96. The molecule has 9 nitrogen and oxygen atoms in total. The number of anilines is 1. The van der Waals surface area contributed by atoms with Crippen molar-refractivity contribution in [2.45, 2.75) is 13.0 Å². The number of carbonyl (C=O) groups excluding carboxylic acids is 2. The predicted molar refractivity (Wildman–Crippen MR) is 113 cm³/mol. The van der Waals surface area contributed by atoms with Gasteiger partial charge in [0.25, 0.3) is 0 Å². The van der Waals surface area contributed by atoms with E-state index in [4.69, 9.17) is 18.9 Å². The van der Waals surface area contributed by atoms with Crippen LogP contribution in [0.2, 0.25) is 0 Å². The van der Waals surface area contributed by atoms with Crippen LogP contribution in [0, 0.1) is 5.92 Å². The average molecular weight is 427 g/mol. The van der Waals surface area contributed by atoms with E-state index in [1.54, 1.807) is 31.3 Å². The largest absolute Gasteiger partial charge is 0.493 e. The summed E-state index contributed by atoms with van der Waals surface area (Å²) >= 11 is 0. The van der Waals surface area contributed by atoms with Gasteiger partial charge in [0.2, 0.25) is 12.7 Å². The monoisotopic (exact) mass is 427 g/mol. The van der Waals surface area contributed by atoms with Gasteiger partial charge in [0.15, 0.2) is 23.0 Å². The number of rotatable bonds is 7. The fourth-order valence-electron chi connectivity index (χ4n) is 3.69. The Labute approximate surface area is 180 Å². The van der Waals surface area contributed by atoms with Crippen molar-refractivity contribution in [3.8, 4) is 23.0 Å². The smallest absolute Gasteiger partial charge is 0.315 e. The number of amides is 3. The molecule has 1 atom stereocenters. The molecule has 0 radical (unpaired) electrons. The van der Waals surface area contributed by atoms with Gasteiger partial charge in [0, 0.05) is 43.7 Å². The van der Waals surface area contributed by atoms with Gasteiger partial charge in [-0.05, 0) is 29.8 Å². The molecular weight excluding hydrogens is 402 g/mol. The highest BCUT2D eigenvalue weighted by atomic mass is 16.7.